The van der Waals surface area contributed by atoms with Crippen molar-refractivity contribution in [3.63, 3.8) is 0 Å². The zero-order valence-corrected chi connectivity index (χ0v) is 12.0. The van der Waals surface area contributed by atoms with Gasteiger partial charge >= 0.3 is 5.97 Å². The van der Waals surface area contributed by atoms with Crippen LogP contribution in [-0.2, 0) is 16.0 Å². The molecule has 1 fully saturated rings. The number of nitrogens with zero attached hydrogens (tertiary/aromatic N) is 1. The predicted octanol–water partition coefficient (Wildman–Crippen LogP) is 2.60. The number of aryl methyl sites for hydroxylation is 1. The largest absolute Gasteiger partial charge is 0.481 e. The zero-order valence-electron chi connectivity index (χ0n) is 11.2. The van der Waals surface area contributed by atoms with Crippen LogP contribution in [0.5, 0.6) is 0 Å². The molecule has 4 nitrogen and oxygen atoms in total. The van der Waals surface area contributed by atoms with Crippen molar-refractivity contribution >= 4 is 23.5 Å². The monoisotopic (exact) mass is 295 g/mol. The number of likely N-dealkylation sites (tertiary alicyclic amines) is 1. The van der Waals surface area contributed by atoms with Crippen molar-refractivity contribution in [2.45, 2.75) is 25.7 Å². The molecule has 5 heteroatoms. The molecule has 0 saturated carbocycles. The van der Waals surface area contributed by atoms with Crippen LogP contribution in [0.2, 0.25) is 5.02 Å². The van der Waals surface area contributed by atoms with E-state index in [0.717, 1.165) is 5.56 Å². The highest BCUT2D eigenvalue weighted by Crippen LogP contribution is 2.20. The molecule has 0 aromatic heterocycles. The molecule has 1 aliphatic rings. The Morgan fingerprint density at radius 1 is 1.25 bits per heavy atom. The number of amides is 1. The first-order valence-electron chi connectivity index (χ1n) is 6.82. The fourth-order valence-corrected chi connectivity index (χ4v) is 2.71. The Balaban J connectivity index is 1.82. The number of carbonyl (C=O) groups excluding carboxylic acids is 1. The average molecular weight is 296 g/mol. The van der Waals surface area contributed by atoms with Crippen LogP contribution in [0.4, 0.5) is 0 Å². The number of hydrogen-bond donors (Lipinski definition) is 1. The van der Waals surface area contributed by atoms with Crippen molar-refractivity contribution in [1.82, 2.24) is 4.90 Å². The Hall–Kier alpha value is -1.55. The average Bonchev–Trinajstić information content (AvgIpc) is 2.46. The van der Waals surface area contributed by atoms with E-state index in [1.54, 1.807) is 4.90 Å². The van der Waals surface area contributed by atoms with E-state index < -0.39 is 5.97 Å². The van der Waals surface area contributed by atoms with E-state index in [0.29, 0.717) is 43.8 Å². The Bertz CT molecular complexity index is 496. The van der Waals surface area contributed by atoms with E-state index >= 15 is 0 Å². The summed E-state index contributed by atoms with van der Waals surface area (Å²) >= 11 is 6.06. The van der Waals surface area contributed by atoms with Crippen LogP contribution in [-0.4, -0.2) is 35.0 Å². The Kier molecular flexibility index (Phi) is 5.01. The smallest absolute Gasteiger partial charge is 0.306 e. The lowest BCUT2D eigenvalue weighted by molar-refractivity contribution is -0.145. The predicted molar refractivity (Wildman–Crippen MR) is 76.7 cm³/mol. The van der Waals surface area contributed by atoms with E-state index in [9.17, 15) is 9.59 Å². The molecule has 1 aliphatic heterocycles. The van der Waals surface area contributed by atoms with Gasteiger partial charge in [0.1, 0.15) is 0 Å². The maximum atomic E-state index is 12.1. The molecular formula is C15H18ClNO3. The van der Waals surface area contributed by atoms with Crippen molar-refractivity contribution in [3.8, 4) is 0 Å². The number of carboxylic acid groups (broad SMARTS) is 1. The van der Waals surface area contributed by atoms with Gasteiger partial charge in [-0.15, -0.1) is 0 Å². The summed E-state index contributed by atoms with van der Waals surface area (Å²) < 4.78 is 0. The van der Waals surface area contributed by atoms with Crippen molar-refractivity contribution in [3.05, 3.63) is 34.9 Å². The minimum Gasteiger partial charge on any atom is -0.481 e. The SMILES string of the molecule is O=C(O)C1CCN(C(=O)CCc2ccccc2Cl)CC1. The fraction of sp³-hybridized carbons (Fsp3) is 0.467. The minimum absolute atomic E-state index is 0.0776. The first kappa shape index (κ1) is 14.9. The molecule has 0 spiro atoms. The van der Waals surface area contributed by atoms with Crippen molar-refractivity contribution in [2.75, 3.05) is 13.1 Å². The van der Waals surface area contributed by atoms with Crippen molar-refractivity contribution < 1.29 is 14.7 Å². The second-order valence-corrected chi connectivity index (χ2v) is 5.49. The standard InChI is InChI=1S/C15H18ClNO3/c16-13-4-2-1-3-11(13)5-6-14(18)17-9-7-12(8-10-17)15(19)20/h1-4,12H,5-10H2,(H,19,20). The van der Waals surface area contributed by atoms with Crippen LogP contribution >= 0.6 is 11.6 Å². The quantitative estimate of drug-likeness (QED) is 0.929. The van der Waals surface area contributed by atoms with Gasteiger partial charge in [-0.25, -0.2) is 0 Å². The normalized spacial score (nSPS) is 16.1. The molecule has 1 saturated heterocycles. The number of benzene rings is 1. The van der Waals surface area contributed by atoms with E-state index in [1.807, 2.05) is 24.3 Å². The Morgan fingerprint density at radius 2 is 1.90 bits per heavy atom. The number of rotatable bonds is 4. The van der Waals surface area contributed by atoms with Crippen LogP contribution in [0.15, 0.2) is 24.3 Å². The van der Waals surface area contributed by atoms with Gasteiger partial charge in [-0.1, -0.05) is 29.8 Å². The molecule has 0 unspecified atom stereocenters. The molecule has 108 valence electrons. The van der Waals surface area contributed by atoms with Crippen LogP contribution in [0.1, 0.15) is 24.8 Å². The van der Waals surface area contributed by atoms with Gasteiger partial charge in [0.15, 0.2) is 0 Å². The van der Waals surface area contributed by atoms with Crippen LogP contribution in [0.25, 0.3) is 0 Å². The Morgan fingerprint density at radius 3 is 2.50 bits per heavy atom. The highest BCUT2D eigenvalue weighted by Gasteiger charge is 2.26. The molecular weight excluding hydrogens is 278 g/mol. The van der Waals surface area contributed by atoms with Gasteiger partial charge in [-0.05, 0) is 30.9 Å². The lowest BCUT2D eigenvalue weighted by Gasteiger charge is -2.30. The summed E-state index contributed by atoms with van der Waals surface area (Å²) in [7, 11) is 0. The summed E-state index contributed by atoms with van der Waals surface area (Å²) in [5.74, 6) is -0.982. The van der Waals surface area contributed by atoms with Crippen LogP contribution in [0, 0.1) is 5.92 Å². The molecule has 0 aliphatic carbocycles. The topological polar surface area (TPSA) is 57.6 Å². The summed E-state index contributed by atoms with van der Waals surface area (Å²) in [6.07, 6.45) is 2.14. The van der Waals surface area contributed by atoms with E-state index in [-0.39, 0.29) is 11.8 Å². The lowest BCUT2D eigenvalue weighted by Crippen LogP contribution is -2.40. The molecule has 1 amide bonds. The number of carboxylic acids is 1. The Labute approximate surface area is 123 Å². The van der Waals surface area contributed by atoms with E-state index in [1.165, 1.54) is 0 Å². The second kappa shape index (κ2) is 6.75. The summed E-state index contributed by atoms with van der Waals surface area (Å²) in [6, 6.07) is 7.51. The van der Waals surface area contributed by atoms with Gasteiger partial charge in [-0.3, -0.25) is 9.59 Å². The maximum absolute atomic E-state index is 12.1. The third-order valence-corrected chi connectivity index (χ3v) is 4.13. The molecule has 1 aromatic rings. The first-order chi connectivity index (χ1) is 9.58. The second-order valence-electron chi connectivity index (χ2n) is 5.08. The van der Waals surface area contributed by atoms with E-state index in [4.69, 9.17) is 16.7 Å². The maximum Gasteiger partial charge on any atom is 0.306 e. The molecule has 0 bridgehead atoms. The third kappa shape index (κ3) is 3.73. The first-order valence-corrected chi connectivity index (χ1v) is 7.19. The molecule has 1 N–H and O–H groups in total. The molecule has 0 atom stereocenters. The van der Waals surface area contributed by atoms with Gasteiger partial charge < -0.3 is 10.0 Å². The molecule has 2 rings (SSSR count). The third-order valence-electron chi connectivity index (χ3n) is 3.76. The molecule has 1 aromatic carbocycles. The number of aliphatic carboxylic acids is 1. The number of hydrogen-bond acceptors (Lipinski definition) is 2. The molecule has 1 heterocycles. The van der Waals surface area contributed by atoms with Gasteiger partial charge in [0, 0.05) is 24.5 Å². The summed E-state index contributed by atoms with van der Waals surface area (Å²) in [4.78, 5) is 24.7. The molecule has 0 radical (unpaired) electrons. The van der Waals surface area contributed by atoms with Crippen LogP contribution in [0.3, 0.4) is 0 Å². The highest BCUT2D eigenvalue weighted by atomic mass is 35.5. The van der Waals surface area contributed by atoms with Crippen molar-refractivity contribution in [2.24, 2.45) is 5.92 Å². The van der Waals surface area contributed by atoms with Crippen LogP contribution < -0.4 is 0 Å². The highest BCUT2D eigenvalue weighted by molar-refractivity contribution is 6.31. The fourth-order valence-electron chi connectivity index (χ4n) is 2.48. The summed E-state index contributed by atoms with van der Waals surface area (Å²) in [6.45, 7) is 1.08. The number of piperidine rings is 1. The van der Waals surface area contributed by atoms with Gasteiger partial charge in [0.2, 0.25) is 5.91 Å². The van der Waals surface area contributed by atoms with Gasteiger partial charge in [0.05, 0.1) is 5.92 Å². The minimum atomic E-state index is -0.756. The van der Waals surface area contributed by atoms with Gasteiger partial charge in [0.25, 0.3) is 0 Å². The van der Waals surface area contributed by atoms with Gasteiger partial charge in [-0.2, -0.15) is 0 Å². The number of carbonyl (C=O) groups is 2. The zero-order chi connectivity index (χ0) is 14.5. The summed E-state index contributed by atoms with van der Waals surface area (Å²) in [5.41, 5.74) is 0.975. The number of halogens is 1. The van der Waals surface area contributed by atoms with E-state index in [2.05, 4.69) is 0 Å². The lowest BCUT2D eigenvalue weighted by atomic mass is 9.96. The summed E-state index contributed by atoms with van der Waals surface area (Å²) in [5, 5.41) is 9.61. The molecule has 20 heavy (non-hydrogen) atoms. The van der Waals surface area contributed by atoms with Crippen molar-refractivity contribution in [1.29, 1.82) is 0 Å².